The van der Waals surface area contributed by atoms with E-state index in [-0.39, 0.29) is 6.10 Å². The summed E-state index contributed by atoms with van der Waals surface area (Å²) in [7, 11) is 0. The highest BCUT2D eigenvalue weighted by Crippen LogP contribution is 1.91. The van der Waals surface area contributed by atoms with Crippen molar-refractivity contribution in [2.24, 2.45) is 0 Å². The zero-order chi connectivity index (χ0) is 7.82. The minimum Gasteiger partial charge on any atom is -0.385 e. The first-order valence-corrected chi connectivity index (χ1v) is 3.82. The van der Waals surface area contributed by atoms with Crippen LogP contribution in [0.25, 0.3) is 0 Å². The molecule has 0 rings (SSSR count). The molecule has 0 aliphatic rings. The molecule has 0 aromatic rings. The summed E-state index contributed by atoms with van der Waals surface area (Å²) in [6, 6.07) is 0. The third-order valence-corrected chi connectivity index (χ3v) is 1.14. The lowest BCUT2D eigenvalue weighted by Gasteiger charge is -1.94. The molecule has 0 heterocycles. The molecule has 1 N–H and O–H groups in total. The molecule has 0 fully saturated rings. The molecular formula is C9H16O. The van der Waals surface area contributed by atoms with E-state index in [9.17, 15) is 0 Å². The second kappa shape index (κ2) is 6.56. The van der Waals surface area contributed by atoms with E-state index in [1.165, 1.54) is 0 Å². The van der Waals surface area contributed by atoms with Crippen LogP contribution in [0.4, 0.5) is 0 Å². The van der Waals surface area contributed by atoms with Crippen molar-refractivity contribution in [1.82, 2.24) is 0 Å². The number of hydrogen-bond acceptors (Lipinski definition) is 1. The Morgan fingerprint density at radius 1 is 1.10 bits per heavy atom. The maximum Gasteiger partial charge on any atom is 0.0902 e. The Balaban J connectivity index is 3.52. The van der Waals surface area contributed by atoms with Gasteiger partial charge in [0.15, 0.2) is 0 Å². The average molecular weight is 140 g/mol. The molecule has 0 bridgehead atoms. The zero-order valence-electron chi connectivity index (χ0n) is 6.75. The molecule has 1 nitrogen and oxygen atoms in total. The largest absolute Gasteiger partial charge is 0.385 e. The Kier molecular flexibility index (Phi) is 6.19. The third-order valence-electron chi connectivity index (χ3n) is 1.14. The van der Waals surface area contributed by atoms with Crippen molar-refractivity contribution in [2.45, 2.75) is 32.8 Å². The van der Waals surface area contributed by atoms with Gasteiger partial charge in [0.2, 0.25) is 0 Å². The molecule has 0 aromatic carbocycles. The SMILES string of the molecule is CC/C=C/C(O)/C=C/CC. The van der Waals surface area contributed by atoms with Crippen molar-refractivity contribution < 1.29 is 5.11 Å². The summed E-state index contributed by atoms with van der Waals surface area (Å²) >= 11 is 0. The van der Waals surface area contributed by atoms with Gasteiger partial charge in [-0.1, -0.05) is 38.2 Å². The number of aliphatic hydroxyl groups excluding tert-OH is 1. The fourth-order valence-electron chi connectivity index (χ4n) is 0.615. The van der Waals surface area contributed by atoms with E-state index in [0.29, 0.717) is 0 Å². The average Bonchev–Trinajstić information content (AvgIpc) is 1.97. The molecule has 0 amide bonds. The number of hydrogen-bond donors (Lipinski definition) is 1. The van der Waals surface area contributed by atoms with Crippen LogP contribution in [0.1, 0.15) is 26.7 Å². The first kappa shape index (κ1) is 9.44. The molecular weight excluding hydrogens is 124 g/mol. The van der Waals surface area contributed by atoms with E-state index in [1.54, 1.807) is 12.2 Å². The Morgan fingerprint density at radius 3 is 1.80 bits per heavy atom. The fraction of sp³-hybridized carbons (Fsp3) is 0.556. The predicted molar refractivity (Wildman–Crippen MR) is 44.9 cm³/mol. The van der Waals surface area contributed by atoms with Gasteiger partial charge in [-0.3, -0.25) is 0 Å². The normalized spacial score (nSPS) is 12.4. The number of aliphatic hydroxyl groups is 1. The Morgan fingerprint density at radius 2 is 1.50 bits per heavy atom. The van der Waals surface area contributed by atoms with Gasteiger partial charge in [0.05, 0.1) is 6.10 Å². The predicted octanol–water partition coefficient (Wildman–Crippen LogP) is 2.28. The van der Waals surface area contributed by atoms with Crippen molar-refractivity contribution in [3.05, 3.63) is 24.3 Å². The van der Waals surface area contributed by atoms with Gasteiger partial charge < -0.3 is 5.11 Å². The van der Waals surface area contributed by atoms with Crippen LogP contribution in [0.2, 0.25) is 0 Å². The molecule has 1 heteroatoms. The van der Waals surface area contributed by atoms with Crippen LogP contribution in [0.5, 0.6) is 0 Å². The lowest BCUT2D eigenvalue weighted by molar-refractivity contribution is 0.271. The molecule has 0 saturated carbocycles. The Hall–Kier alpha value is -0.560. The van der Waals surface area contributed by atoms with Gasteiger partial charge in [0, 0.05) is 0 Å². The van der Waals surface area contributed by atoms with Crippen LogP contribution in [-0.4, -0.2) is 11.2 Å². The Labute approximate surface area is 63.1 Å². The lowest BCUT2D eigenvalue weighted by atomic mass is 10.2. The van der Waals surface area contributed by atoms with Crippen LogP contribution in [0.3, 0.4) is 0 Å². The second-order valence-corrected chi connectivity index (χ2v) is 2.16. The van der Waals surface area contributed by atoms with Crippen molar-refractivity contribution in [1.29, 1.82) is 0 Å². The van der Waals surface area contributed by atoms with Crippen molar-refractivity contribution in [3.8, 4) is 0 Å². The summed E-state index contributed by atoms with van der Waals surface area (Å²) < 4.78 is 0. The lowest BCUT2D eigenvalue weighted by Crippen LogP contribution is -1.94. The molecule has 0 atom stereocenters. The van der Waals surface area contributed by atoms with Gasteiger partial charge in [-0.15, -0.1) is 0 Å². The van der Waals surface area contributed by atoms with Crippen molar-refractivity contribution in [2.75, 3.05) is 0 Å². The van der Waals surface area contributed by atoms with Crippen LogP contribution in [-0.2, 0) is 0 Å². The standard InChI is InChI=1S/C9H16O/c1-3-5-7-9(10)8-6-4-2/h5-10H,3-4H2,1-2H3/b7-5+,8-6+. The van der Waals surface area contributed by atoms with Gasteiger partial charge in [0.25, 0.3) is 0 Å². The highest BCUT2D eigenvalue weighted by molar-refractivity contribution is 5.00. The minimum atomic E-state index is -0.389. The molecule has 0 aliphatic carbocycles. The zero-order valence-corrected chi connectivity index (χ0v) is 6.75. The van der Waals surface area contributed by atoms with Crippen molar-refractivity contribution in [3.63, 3.8) is 0 Å². The first-order valence-electron chi connectivity index (χ1n) is 3.82. The minimum absolute atomic E-state index is 0.389. The van der Waals surface area contributed by atoms with Crippen LogP contribution < -0.4 is 0 Å². The highest BCUT2D eigenvalue weighted by atomic mass is 16.3. The molecule has 0 saturated heterocycles. The van der Waals surface area contributed by atoms with Crippen LogP contribution in [0.15, 0.2) is 24.3 Å². The van der Waals surface area contributed by atoms with E-state index >= 15 is 0 Å². The van der Waals surface area contributed by atoms with Crippen molar-refractivity contribution >= 4 is 0 Å². The summed E-state index contributed by atoms with van der Waals surface area (Å²) in [6.45, 7) is 4.10. The maximum absolute atomic E-state index is 9.14. The van der Waals surface area contributed by atoms with Gasteiger partial charge in [0.1, 0.15) is 0 Å². The number of rotatable bonds is 4. The van der Waals surface area contributed by atoms with E-state index in [1.807, 2.05) is 26.0 Å². The Bertz CT molecular complexity index is 99.9. The molecule has 0 unspecified atom stereocenters. The fourth-order valence-corrected chi connectivity index (χ4v) is 0.615. The van der Waals surface area contributed by atoms with E-state index < -0.39 is 0 Å². The topological polar surface area (TPSA) is 20.2 Å². The molecule has 0 spiro atoms. The van der Waals surface area contributed by atoms with Gasteiger partial charge in [-0.05, 0) is 12.8 Å². The summed E-state index contributed by atoms with van der Waals surface area (Å²) in [5.74, 6) is 0. The van der Waals surface area contributed by atoms with E-state index in [4.69, 9.17) is 5.11 Å². The molecule has 58 valence electrons. The van der Waals surface area contributed by atoms with Crippen LogP contribution >= 0.6 is 0 Å². The number of allylic oxidation sites excluding steroid dienone is 2. The summed E-state index contributed by atoms with van der Waals surface area (Å²) in [4.78, 5) is 0. The smallest absolute Gasteiger partial charge is 0.0902 e. The molecule has 0 radical (unpaired) electrons. The third kappa shape index (κ3) is 5.57. The van der Waals surface area contributed by atoms with Gasteiger partial charge in [-0.2, -0.15) is 0 Å². The van der Waals surface area contributed by atoms with E-state index in [0.717, 1.165) is 12.8 Å². The monoisotopic (exact) mass is 140 g/mol. The quantitative estimate of drug-likeness (QED) is 0.594. The molecule has 10 heavy (non-hydrogen) atoms. The maximum atomic E-state index is 9.14. The van der Waals surface area contributed by atoms with Crippen LogP contribution in [0, 0.1) is 0 Å². The second-order valence-electron chi connectivity index (χ2n) is 2.16. The first-order chi connectivity index (χ1) is 4.81. The summed E-state index contributed by atoms with van der Waals surface area (Å²) in [6.07, 6.45) is 9.10. The van der Waals surface area contributed by atoms with Gasteiger partial charge in [-0.25, -0.2) is 0 Å². The molecule has 0 aromatic heterocycles. The summed E-state index contributed by atoms with van der Waals surface area (Å²) in [5, 5.41) is 9.14. The van der Waals surface area contributed by atoms with E-state index in [2.05, 4.69) is 0 Å². The highest BCUT2D eigenvalue weighted by Gasteiger charge is 1.87. The van der Waals surface area contributed by atoms with Gasteiger partial charge >= 0.3 is 0 Å². The molecule has 0 aliphatic heterocycles. The summed E-state index contributed by atoms with van der Waals surface area (Å²) in [5.41, 5.74) is 0.